The van der Waals surface area contributed by atoms with Crippen LogP contribution in [0.25, 0.3) is 93.8 Å². The van der Waals surface area contributed by atoms with Gasteiger partial charge in [-0.1, -0.05) is 109 Å². The molecular formula is C48H32N4. The van der Waals surface area contributed by atoms with E-state index in [-0.39, 0.29) is 0 Å². The second kappa shape index (κ2) is 11.4. The van der Waals surface area contributed by atoms with E-state index in [0.29, 0.717) is 0 Å². The molecule has 0 N–H and O–H groups in total. The first-order valence-corrected chi connectivity index (χ1v) is 18.0. The smallest absolute Gasteiger partial charge is 0.146 e. The molecule has 4 heteroatoms. The van der Waals surface area contributed by atoms with E-state index in [1.54, 1.807) is 0 Å². The summed E-state index contributed by atoms with van der Waals surface area (Å²) in [5.41, 5.74) is 14.3. The zero-order chi connectivity index (χ0) is 34.2. The number of imidazole rings is 1. The number of allylic oxidation sites excluding steroid dienone is 4. The van der Waals surface area contributed by atoms with Crippen LogP contribution < -0.4 is 0 Å². The highest BCUT2D eigenvalue weighted by molar-refractivity contribution is 6.30. The molecule has 0 radical (unpaired) electrons. The van der Waals surface area contributed by atoms with E-state index < -0.39 is 0 Å². The molecule has 11 rings (SSSR count). The average molecular weight is 665 g/mol. The highest BCUT2D eigenvalue weighted by Gasteiger charge is 2.21. The minimum atomic E-state index is 0.962. The van der Waals surface area contributed by atoms with Gasteiger partial charge in [-0.2, -0.15) is 0 Å². The molecule has 6 aromatic carbocycles. The number of hydrogen-bond donors (Lipinski definition) is 0. The van der Waals surface area contributed by atoms with Crippen molar-refractivity contribution >= 4 is 65.7 Å². The fourth-order valence-electron chi connectivity index (χ4n) is 8.37. The van der Waals surface area contributed by atoms with Gasteiger partial charge in [0.15, 0.2) is 0 Å². The summed E-state index contributed by atoms with van der Waals surface area (Å²) in [5, 5.41) is 6.07. The van der Waals surface area contributed by atoms with Crippen LogP contribution in [0, 0.1) is 0 Å². The number of pyridine rings is 2. The van der Waals surface area contributed by atoms with Crippen molar-refractivity contribution in [2.24, 2.45) is 0 Å². The normalized spacial score (nSPS) is 13.3. The quantitative estimate of drug-likeness (QED) is 0.176. The zero-order valence-corrected chi connectivity index (χ0v) is 28.4. The van der Waals surface area contributed by atoms with Gasteiger partial charge in [0, 0.05) is 38.2 Å². The fraction of sp³-hybridized carbons (Fsp3) is 0.0417. The molecule has 0 unspecified atom stereocenters. The van der Waals surface area contributed by atoms with Crippen LogP contribution in [0.1, 0.15) is 18.5 Å². The topological polar surface area (TPSA) is 35.1 Å². The van der Waals surface area contributed by atoms with E-state index >= 15 is 0 Å². The van der Waals surface area contributed by atoms with Crippen LogP contribution in [-0.2, 0) is 0 Å². The lowest BCUT2D eigenvalue weighted by Crippen LogP contribution is -1.97. The number of nitrogens with zero attached hydrogens (tertiary/aromatic N) is 4. The maximum Gasteiger partial charge on any atom is 0.146 e. The predicted molar refractivity (Wildman–Crippen MR) is 217 cm³/mol. The standard InChI is InChI=1S/C48H32N4/c1-3-14-31(15-4-1)34-29-40(32-16-5-2-6-17-32)49-41(30-34)33-18-13-19-35(28-33)51-42-23-10-8-21-37(42)47-45(51)27-26-38-46(47)36-20-7-11-24-43(36)52-44-25-12-9-22-39(44)50-48(38)52/h1,3-5,7-30H,2,6H2. The first-order chi connectivity index (χ1) is 25.8. The molecule has 0 aliphatic heterocycles. The summed E-state index contributed by atoms with van der Waals surface area (Å²) in [6.45, 7) is 0. The first kappa shape index (κ1) is 29.0. The largest absolute Gasteiger partial charge is 0.309 e. The van der Waals surface area contributed by atoms with Gasteiger partial charge >= 0.3 is 0 Å². The first-order valence-electron chi connectivity index (χ1n) is 18.0. The molecule has 0 amide bonds. The molecule has 0 atom stereocenters. The van der Waals surface area contributed by atoms with Gasteiger partial charge in [-0.05, 0) is 90.2 Å². The van der Waals surface area contributed by atoms with Crippen molar-refractivity contribution < 1.29 is 0 Å². The van der Waals surface area contributed by atoms with E-state index in [1.807, 2.05) is 0 Å². The second-order valence-corrected chi connectivity index (χ2v) is 13.7. The molecule has 4 heterocycles. The molecule has 1 aliphatic carbocycles. The third-order valence-corrected chi connectivity index (χ3v) is 10.7. The Balaban J connectivity index is 1.18. The number of aromatic nitrogens is 4. The summed E-state index contributed by atoms with van der Waals surface area (Å²) >= 11 is 0. The monoisotopic (exact) mass is 664 g/mol. The molecule has 10 aromatic rings. The summed E-state index contributed by atoms with van der Waals surface area (Å²) in [6, 6.07) is 54.5. The predicted octanol–water partition coefficient (Wildman–Crippen LogP) is 12.4. The summed E-state index contributed by atoms with van der Waals surface area (Å²) in [5.74, 6) is 0. The zero-order valence-electron chi connectivity index (χ0n) is 28.4. The maximum atomic E-state index is 5.28. The summed E-state index contributed by atoms with van der Waals surface area (Å²) < 4.78 is 4.74. The molecule has 1 aliphatic rings. The number of para-hydroxylation sites is 4. The molecular weight excluding hydrogens is 633 g/mol. The van der Waals surface area contributed by atoms with Crippen LogP contribution in [0.5, 0.6) is 0 Å². The van der Waals surface area contributed by atoms with Gasteiger partial charge in [-0.3, -0.25) is 4.40 Å². The summed E-state index contributed by atoms with van der Waals surface area (Å²) in [7, 11) is 0. The van der Waals surface area contributed by atoms with Crippen LogP contribution in [0.2, 0.25) is 0 Å². The second-order valence-electron chi connectivity index (χ2n) is 13.7. The molecule has 52 heavy (non-hydrogen) atoms. The van der Waals surface area contributed by atoms with Gasteiger partial charge < -0.3 is 4.57 Å². The average Bonchev–Trinajstić information content (AvgIpc) is 3.78. The number of rotatable bonds is 4. The lowest BCUT2D eigenvalue weighted by molar-refractivity contribution is 1.04. The Hall–Kier alpha value is -6.78. The van der Waals surface area contributed by atoms with E-state index in [2.05, 4.69) is 179 Å². The Kier molecular flexibility index (Phi) is 6.34. The summed E-state index contributed by atoms with van der Waals surface area (Å²) in [6.07, 6.45) is 8.89. The molecule has 0 saturated heterocycles. The minimum Gasteiger partial charge on any atom is -0.309 e. The fourth-order valence-corrected chi connectivity index (χ4v) is 8.37. The number of fused-ring (bicyclic) bond motifs is 12. The van der Waals surface area contributed by atoms with Crippen LogP contribution in [0.15, 0.2) is 170 Å². The van der Waals surface area contributed by atoms with Gasteiger partial charge in [0.05, 0.1) is 39.0 Å². The van der Waals surface area contributed by atoms with Crippen LogP contribution in [-0.4, -0.2) is 18.9 Å². The Morgan fingerprint density at radius 1 is 0.462 bits per heavy atom. The van der Waals surface area contributed by atoms with Gasteiger partial charge in [-0.15, -0.1) is 0 Å². The van der Waals surface area contributed by atoms with E-state index in [0.717, 1.165) is 63.1 Å². The van der Waals surface area contributed by atoms with Gasteiger partial charge in [0.25, 0.3) is 0 Å². The van der Waals surface area contributed by atoms with Crippen LogP contribution in [0.3, 0.4) is 0 Å². The maximum absolute atomic E-state index is 5.28. The van der Waals surface area contributed by atoms with Gasteiger partial charge in [0.1, 0.15) is 5.65 Å². The highest BCUT2D eigenvalue weighted by Crippen LogP contribution is 2.42. The van der Waals surface area contributed by atoms with Crippen molar-refractivity contribution in [3.05, 3.63) is 176 Å². The summed E-state index contributed by atoms with van der Waals surface area (Å²) in [4.78, 5) is 10.5. The SMILES string of the molecule is C1=CC(c2cc(-c3ccccc3)cc(-c3cccc(-n4c5ccccc5c5c6c7ccccc7n7c8ccccc8nc7c6ccc54)c3)n2)=CCC1. The van der Waals surface area contributed by atoms with Crippen molar-refractivity contribution in [2.75, 3.05) is 0 Å². The van der Waals surface area contributed by atoms with Crippen LogP contribution in [0.4, 0.5) is 0 Å². The Bertz CT molecular complexity index is 3120. The van der Waals surface area contributed by atoms with Crippen molar-refractivity contribution in [1.82, 2.24) is 18.9 Å². The third-order valence-electron chi connectivity index (χ3n) is 10.7. The molecule has 4 aromatic heterocycles. The molecule has 0 fully saturated rings. The molecule has 0 spiro atoms. The molecule has 4 nitrogen and oxygen atoms in total. The Morgan fingerprint density at radius 3 is 2.04 bits per heavy atom. The third kappa shape index (κ3) is 4.34. The van der Waals surface area contributed by atoms with Crippen LogP contribution >= 0.6 is 0 Å². The number of benzene rings is 6. The van der Waals surface area contributed by atoms with E-state index in [1.165, 1.54) is 49.3 Å². The lowest BCUT2D eigenvalue weighted by Gasteiger charge is -2.14. The van der Waals surface area contributed by atoms with Crippen molar-refractivity contribution in [2.45, 2.75) is 12.8 Å². The Morgan fingerprint density at radius 2 is 1.19 bits per heavy atom. The highest BCUT2D eigenvalue weighted by atomic mass is 15.0. The van der Waals surface area contributed by atoms with Crippen molar-refractivity contribution in [3.8, 4) is 28.1 Å². The number of hydrogen-bond acceptors (Lipinski definition) is 2. The van der Waals surface area contributed by atoms with E-state index in [4.69, 9.17) is 9.97 Å². The molecule has 244 valence electrons. The van der Waals surface area contributed by atoms with E-state index in [9.17, 15) is 0 Å². The van der Waals surface area contributed by atoms with Crippen molar-refractivity contribution in [1.29, 1.82) is 0 Å². The lowest BCUT2D eigenvalue weighted by atomic mass is 9.98. The minimum absolute atomic E-state index is 0.962. The Labute approximate surface area is 300 Å². The van der Waals surface area contributed by atoms with Gasteiger partial charge in [0.2, 0.25) is 0 Å². The van der Waals surface area contributed by atoms with Gasteiger partial charge in [-0.25, -0.2) is 9.97 Å². The molecule has 0 bridgehead atoms. The van der Waals surface area contributed by atoms with Crippen molar-refractivity contribution in [3.63, 3.8) is 0 Å². The molecule has 0 saturated carbocycles.